The Hall–Kier alpha value is -2.25. The third kappa shape index (κ3) is 5.11. The van der Waals surface area contributed by atoms with Gasteiger partial charge in [-0.2, -0.15) is 0 Å². The zero-order valence-corrected chi connectivity index (χ0v) is 15.2. The Bertz CT molecular complexity index is 848. The molecule has 0 aliphatic heterocycles. The van der Waals surface area contributed by atoms with Crippen LogP contribution in [0.15, 0.2) is 52.9 Å². The lowest BCUT2D eigenvalue weighted by Crippen LogP contribution is -2.01. The molecule has 0 saturated heterocycles. The molecule has 0 aliphatic carbocycles. The van der Waals surface area contributed by atoms with Crippen molar-refractivity contribution in [3.8, 4) is 0 Å². The van der Waals surface area contributed by atoms with Gasteiger partial charge in [-0.25, -0.2) is 4.39 Å². The van der Waals surface area contributed by atoms with Crippen molar-refractivity contribution >= 4 is 34.0 Å². The highest BCUT2D eigenvalue weighted by Crippen LogP contribution is 2.26. The fraction of sp³-hybridized carbons (Fsp3) is 0.167. The van der Waals surface area contributed by atoms with Gasteiger partial charge in [0.1, 0.15) is 5.82 Å². The van der Waals surface area contributed by atoms with E-state index in [9.17, 15) is 9.18 Å². The van der Waals surface area contributed by atoms with Gasteiger partial charge in [0.15, 0.2) is 10.1 Å². The number of carbonyl (C=O) groups is 1. The second kappa shape index (κ2) is 8.22. The van der Waals surface area contributed by atoms with Gasteiger partial charge in [-0.3, -0.25) is 4.79 Å². The van der Waals surface area contributed by atoms with Crippen LogP contribution in [0.5, 0.6) is 0 Å². The largest absolute Gasteiger partial charge is 0.356 e. The van der Waals surface area contributed by atoms with Gasteiger partial charge in [-0.15, -0.1) is 10.2 Å². The maximum atomic E-state index is 12.9. The van der Waals surface area contributed by atoms with E-state index in [0.29, 0.717) is 23.0 Å². The molecule has 0 bridgehead atoms. The highest BCUT2D eigenvalue weighted by Gasteiger charge is 2.10. The molecule has 25 heavy (non-hydrogen) atoms. The van der Waals surface area contributed by atoms with E-state index in [1.807, 2.05) is 31.2 Å². The molecule has 1 N–H and O–H groups in total. The molecule has 2 aromatic carbocycles. The number of Topliss-reactive ketones (excluding diaryl/α,β-unsaturated/α-hetero) is 1. The lowest BCUT2D eigenvalue weighted by Gasteiger charge is -2.01. The monoisotopic (exact) mass is 373 g/mol. The zero-order chi connectivity index (χ0) is 17.6. The molecule has 0 spiro atoms. The quantitative estimate of drug-likeness (QED) is 0.485. The molecule has 0 unspecified atom stereocenters. The van der Waals surface area contributed by atoms with Gasteiger partial charge in [0.2, 0.25) is 5.13 Å². The Morgan fingerprint density at radius 2 is 1.84 bits per heavy atom. The zero-order valence-electron chi connectivity index (χ0n) is 13.5. The first-order chi connectivity index (χ1) is 12.1. The van der Waals surface area contributed by atoms with Crippen molar-refractivity contribution in [1.82, 2.24) is 10.2 Å². The van der Waals surface area contributed by atoms with E-state index in [1.165, 1.54) is 35.2 Å². The number of carbonyl (C=O) groups excluding carboxylic acids is 1. The Morgan fingerprint density at radius 1 is 1.12 bits per heavy atom. The summed E-state index contributed by atoms with van der Waals surface area (Å²) in [5, 5.41) is 12.0. The first kappa shape index (κ1) is 17.6. The third-order valence-corrected chi connectivity index (χ3v) is 5.48. The second-order valence-corrected chi connectivity index (χ2v) is 7.63. The minimum absolute atomic E-state index is 0.0704. The van der Waals surface area contributed by atoms with Crippen LogP contribution < -0.4 is 5.32 Å². The van der Waals surface area contributed by atoms with E-state index in [2.05, 4.69) is 15.5 Å². The highest BCUT2D eigenvalue weighted by atomic mass is 32.2. The second-order valence-electron chi connectivity index (χ2n) is 5.43. The molecular formula is C18H16FN3OS2. The van der Waals surface area contributed by atoms with E-state index >= 15 is 0 Å². The molecule has 3 rings (SSSR count). The van der Waals surface area contributed by atoms with Crippen LogP contribution in [0.2, 0.25) is 0 Å². The molecule has 7 heteroatoms. The fourth-order valence-electron chi connectivity index (χ4n) is 2.07. The maximum absolute atomic E-state index is 12.9. The molecule has 1 heterocycles. The fourth-order valence-corrected chi connectivity index (χ4v) is 3.71. The highest BCUT2D eigenvalue weighted by molar-refractivity contribution is 8.01. The molecule has 0 saturated carbocycles. The minimum atomic E-state index is -0.253. The van der Waals surface area contributed by atoms with E-state index in [-0.39, 0.29) is 11.6 Å². The predicted molar refractivity (Wildman–Crippen MR) is 99.9 cm³/mol. The van der Waals surface area contributed by atoms with Gasteiger partial charge in [-0.05, 0) is 24.6 Å². The normalized spacial score (nSPS) is 10.6. The van der Waals surface area contributed by atoms with Crippen molar-refractivity contribution in [3.63, 3.8) is 0 Å². The molecule has 0 atom stereocenters. The van der Waals surface area contributed by atoms with Gasteiger partial charge in [-0.1, -0.05) is 65.1 Å². The van der Waals surface area contributed by atoms with Crippen molar-refractivity contribution in [2.75, 3.05) is 11.1 Å². The number of halogens is 1. The van der Waals surface area contributed by atoms with E-state index < -0.39 is 0 Å². The topological polar surface area (TPSA) is 54.9 Å². The lowest BCUT2D eigenvalue weighted by atomic mass is 10.1. The number of hydrogen-bond acceptors (Lipinski definition) is 6. The minimum Gasteiger partial charge on any atom is -0.356 e. The van der Waals surface area contributed by atoms with Crippen molar-refractivity contribution < 1.29 is 9.18 Å². The predicted octanol–water partition coefficient (Wildman–Crippen LogP) is 4.57. The number of rotatable bonds is 7. The Balaban J connectivity index is 1.50. The number of aromatic nitrogens is 2. The molecular weight excluding hydrogens is 357 g/mol. The Labute approximate surface area is 153 Å². The van der Waals surface area contributed by atoms with E-state index in [1.54, 1.807) is 12.1 Å². The number of aryl methyl sites for hydroxylation is 1. The number of hydrogen-bond donors (Lipinski definition) is 1. The smallest absolute Gasteiger partial charge is 0.206 e. The van der Waals surface area contributed by atoms with Crippen LogP contribution in [0.1, 0.15) is 21.5 Å². The molecule has 0 aliphatic rings. The summed E-state index contributed by atoms with van der Waals surface area (Å²) < 4.78 is 13.6. The van der Waals surface area contributed by atoms with Crippen LogP contribution >= 0.6 is 23.1 Å². The summed E-state index contributed by atoms with van der Waals surface area (Å²) in [7, 11) is 0. The van der Waals surface area contributed by atoms with Crippen LogP contribution in [0, 0.1) is 12.7 Å². The van der Waals surface area contributed by atoms with Gasteiger partial charge >= 0.3 is 0 Å². The van der Waals surface area contributed by atoms with E-state index in [0.717, 1.165) is 15.5 Å². The number of ketones is 1. The summed E-state index contributed by atoms with van der Waals surface area (Å²) in [6.07, 6.45) is 0. The Morgan fingerprint density at radius 3 is 2.56 bits per heavy atom. The molecule has 0 fully saturated rings. The number of nitrogens with one attached hydrogen (secondary N) is 1. The number of thioether (sulfide) groups is 1. The molecule has 4 nitrogen and oxygen atoms in total. The summed E-state index contributed by atoms with van der Waals surface area (Å²) in [5.41, 5.74) is 2.79. The van der Waals surface area contributed by atoms with Gasteiger partial charge < -0.3 is 5.32 Å². The maximum Gasteiger partial charge on any atom is 0.206 e. The van der Waals surface area contributed by atoms with Crippen molar-refractivity contribution in [1.29, 1.82) is 0 Å². The summed E-state index contributed by atoms with van der Waals surface area (Å²) in [4.78, 5) is 12.2. The molecule has 3 aromatic rings. The first-order valence-electron chi connectivity index (χ1n) is 7.64. The standard InChI is InChI=1S/C18H16FN3OS2/c1-12-2-6-14(7-3-12)16(23)11-24-18-22-21-17(25-18)20-10-13-4-8-15(19)9-5-13/h2-9H,10-11H2,1H3,(H,20,21). The number of benzene rings is 2. The molecule has 128 valence electrons. The summed E-state index contributed by atoms with van der Waals surface area (Å²) in [6.45, 7) is 2.53. The lowest BCUT2D eigenvalue weighted by molar-refractivity contribution is 0.102. The van der Waals surface area contributed by atoms with Gasteiger partial charge in [0.05, 0.1) is 5.75 Å². The summed E-state index contributed by atoms with van der Waals surface area (Å²) >= 11 is 2.78. The van der Waals surface area contributed by atoms with Gasteiger partial charge in [0, 0.05) is 12.1 Å². The first-order valence-corrected chi connectivity index (χ1v) is 9.45. The summed E-state index contributed by atoms with van der Waals surface area (Å²) in [5.74, 6) is 0.146. The van der Waals surface area contributed by atoms with Crippen molar-refractivity contribution in [3.05, 3.63) is 71.0 Å². The van der Waals surface area contributed by atoms with Crippen LogP contribution in [0.3, 0.4) is 0 Å². The SMILES string of the molecule is Cc1ccc(C(=O)CSc2nnc(NCc3ccc(F)cc3)s2)cc1. The van der Waals surface area contributed by atoms with E-state index in [4.69, 9.17) is 0 Å². The van der Waals surface area contributed by atoms with Crippen LogP contribution in [0.25, 0.3) is 0 Å². The van der Waals surface area contributed by atoms with Gasteiger partial charge in [0.25, 0.3) is 0 Å². The van der Waals surface area contributed by atoms with Crippen molar-refractivity contribution in [2.45, 2.75) is 17.8 Å². The van der Waals surface area contributed by atoms with Crippen molar-refractivity contribution in [2.24, 2.45) is 0 Å². The summed E-state index contributed by atoms with van der Waals surface area (Å²) in [6, 6.07) is 13.8. The number of anilines is 1. The Kier molecular flexibility index (Phi) is 5.78. The average molecular weight is 373 g/mol. The average Bonchev–Trinajstić information content (AvgIpc) is 3.08. The van der Waals surface area contributed by atoms with Crippen LogP contribution in [-0.2, 0) is 6.54 Å². The number of nitrogens with zero attached hydrogens (tertiary/aromatic N) is 2. The third-order valence-electron chi connectivity index (χ3n) is 3.46. The molecule has 0 amide bonds. The molecule has 0 radical (unpaired) electrons. The molecule has 1 aromatic heterocycles. The van der Waals surface area contributed by atoms with Crippen LogP contribution in [0.4, 0.5) is 9.52 Å². The van der Waals surface area contributed by atoms with Crippen LogP contribution in [-0.4, -0.2) is 21.7 Å².